The van der Waals surface area contributed by atoms with Crippen LogP contribution in [0.25, 0.3) is 0 Å². The number of nitriles is 1. The summed E-state index contributed by atoms with van der Waals surface area (Å²) in [4.78, 5) is 13.8. The fourth-order valence-corrected chi connectivity index (χ4v) is 2.09. The summed E-state index contributed by atoms with van der Waals surface area (Å²) in [5, 5.41) is 11.9. The maximum Gasteiger partial charge on any atom is 0.242 e. The Hall–Kier alpha value is -1.93. The molecule has 1 rings (SSSR count). The van der Waals surface area contributed by atoms with E-state index in [0.29, 0.717) is 17.7 Å². The van der Waals surface area contributed by atoms with Crippen molar-refractivity contribution in [2.24, 2.45) is 0 Å². The van der Waals surface area contributed by atoms with Gasteiger partial charge in [-0.2, -0.15) is 5.26 Å². The summed E-state index contributed by atoms with van der Waals surface area (Å²) in [5.41, 5.74) is 0.0210. The first-order valence-corrected chi connectivity index (χ1v) is 6.51. The van der Waals surface area contributed by atoms with Crippen molar-refractivity contribution in [1.29, 1.82) is 5.26 Å². The van der Waals surface area contributed by atoms with E-state index in [9.17, 15) is 9.18 Å². The Labute approximate surface area is 119 Å². The van der Waals surface area contributed by atoms with Gasteiger partial charge < -0.3 is 10.2 Å². The van der Waals surface area contributed by atoms with Crippen LogP contribution in [0.4, 0.5) is 4.39 Å². The standard InChI is InChI=1S/C15H20FN3O/c1-5-18-15(2,3)14(20)19(4)10-12-8-11(9-17)6-7-13(12)16/h6-8,18H,5,10H2,1-4H3. The minimum atomic E-state index is -0.702. The lowest BCUT2D eigenvalue weighted by atomic mass is 10.0. The number of nitrogens with one attached hydrogen (secondary N) is 1. The molecule has 0 aromatic heterocycles. The van der Waals surface area contributed by atoms with Gasteiger partial charge in [0.1, 0.15) is 5.82 Å². The Kier molecular flexibility index (Phi) is 5.23. The van der Waals surface area contributed by atoms with E-state index >= 15 is 0 Å². The first-order chi connectivity index (χ1) is 9.31. The van der Waals surface area contributed by atoms with Crippen LogP contribution in [0.1, 0.15) is 31.9 Å². The van der Waals surface area contributed by atoms with Crippen LogP contribution in [0, 0.1) is 17.1 Å². The molecule has 1 aromatic carbocycles. The molecule has 5 heteroatoms. The third-order valence-corrected chi connectivity index (χ3v) is 3.08. The lowest BCUT2D eigenvalue weighted by molar-refractivity contribution is -0.136. The van der Waals surface area contributed by atoms with E-state index in [0.717, 1.165) is 0 Å². The van der Waals surface area contributed by atoms with E-state index in [4.69, 9.17) is 5.26 Å². The van der Waals surface area contributed by atoms with Gasteiger partial charge in [0.15, 0.2) is 0 Å². The highest BCUT2D eigenvalue weighted by molar-refractivity contribution is 5.85. The molecule has 0 spiro atoms. The van der Waals surface area contributed by atoms with Crippen molar-refractivity contribution < 1.29 is 9.18 Å². The molecule has 0 radical (unpaired) electrons. The van der Waals surface area contributed by atoms with Crippen LogP contribution < -0.4 is 5.32 Å². The molecule has 0 atom stereocenters. The van der Waals surface area contributed by atoms with Crippen LogP contribution in [0.2, 0.25) is 0 Å². The second kappa shape index (κ2) is 6.49. The van der Waals surface area contributed by atoms with Crippen LogP contribution >= 0.6 is 0 Å². The smallest absolute Gasteiger partial charge is 0.242 e. The average Bonchev–Trinajstić information content (AvgIpc) is 2.40. The monoisotopic (exact) mass is 277 g/mol. The van der Waals surface area contributed by atoms with Gasteiger partial charge in [0.05, 0.1) is 17.2 Å². The van der Waals surface area contributed by atoms with Crippen molar-refractivity contribution in [3.8, 4) is 6.07 Å². The summed E-state index contributed by atoms with van der Waals surface area (Å²) in [6.07, 6.45) is 0. The highest BCUT2D eigenvalue weighted by Gasteiger charge is 2.29. The van der Waals surface area contributed by atoms with E-state index in [1.807, 2.05) is 13.0 Å². The van der Waals surface area contributed by atoms with Gasteiger partial charge in [-0.25, -0.2) is 4.39 Å². The number of amides is 1. The number of carbonyl (C=O) groups is 1. The van der Waals surface area contributed by atoms with E-state index in [-0.39, 0.29) is 12.5 Å². The van der Waals surface area contributed by atoms with Gasteiger partial charge in [0.2, 0.25) is 5.91 Å². The Bertz CT molecular complexity index is 534. The summed E-state index contributed by atoms with van der Waals surface area (Å²) in [6.45, 7) is 6.31. The number of nitrogens with zero attached hydrogens (tertiary/aromatic N) is 2. The average molecular weight is 277 g/mol. The molecule has 4 nitrogen and oxygen atoms in total. The third kappa shape index (κ3) is 3.78. The predicted octanol–water partition coefficient (Wildman–Crippen LogP) is 2.04. The molecular weight excluding hydrogens is 257 g/mol. The van der Waals surface area contributed by atoms with Crippen LogP contribution in [0.15, 0.2) is 18.2 Å². The molecule has 0 unspecified atom stereocenters. The number of likely N-dealkylation sites (N-methyl/N-ethyl adjacent to an activating group) is 2. The summed E-state index contributed by atoms with van der Waals surface area (Å²) in [5.74, 6) is -0.536. The molecule has 108 valence electrons. The lowest BCUT2D eigenvalue weighted by Gasteiger charge is -2.30. The normalized spacial score (nSPS) is 11.0. The predicted molar refractivity (Wildman–Crippen MR) is 75.3 cm³/mol. The summed E-state index contributed by atoms with van der Waals surface area (Å²) in [6, 6.07) is 6.11. The topological polar surface area (TPSA) is 56.1 Å². The number of rotatable bonds is 5. The molecule has 20 heavy (non-hydrogen) atoms. The zero-order chi connectivity index (χ0) is 15.3. The third-order valence-electron chi connectivity index (χ3n) is 3.08. The molecule has 0 aliphatic heterocycles. The van der Waals surface area contributed by atoms with Crippen molar-refractivity contribution in [3.63, 3.8) is 0 Å². The van der Waals surface area contributed by atoms with E-state index in [1.54, 1.807) is 20.9 Å². The molecule has 0 bridgehead atoms. The molecule has 1 aromatic rings. The minimum absolute atomic E-state index is 0.124. The Morgan fingerprint density at radius 3 is 2.70 bits per heavy atom. The highest BCUT2D eigenvalue weighted by atomic mass is 19.1. The molecule has 0 saturated heterocycles. The van der Waals surface area contributed by atoms with E-state index in [1.165, 1.54) is 23.1 Å². The number of carbonyl (C=O) groups excluding carboxylic acids is 1. The fourth-order valence-electron chi connectivity index (χ4n) is 2.09. The molecule has 1 amide bonds. The van der Waals surface area contributed by atoms with E-state index < -0.39 is 11.4 Å². The van der Waals surface area contributed by atoms with E-state index in [2.05, 4.69) is 5.32 Å². The van der Waals surface area contributed by atoms with Gasteiger partial charge in [-0.05, 0) is 38.6 Å². The van der Waals surface area contributed by atoms with Crippen molar-refractivity contribution in [2.75, 3.05) is 13.6 Å². The van der Waals surface area contributed by atoms with Crippen LogP contribution in [-0.4, -0.2) is 29.9 Å². The lowest BCUT2D eigenvalue weighted by Crippen LogP contribution is -2.52. The summed E-state index contributed by atoms with van der Waals surface area (Å²) >= 11 is 0. The van der Waals surface area contributed by atoms with Gasteiger partial charge in [0, 0.05) is 19.2 Å². The summed E-state index contributed by atoms with van der Waals surface area (Å²) in [7, 11) is 1.62. The first kappa shape index (κ1) is 16.1. The van der Waals surface area contributed by atoms with Crippen molar-refractivity contribution in [1.82, 2.24) is 10.2 Å². The Morgan fingerprint density at radius 2 is 2.15 bits per heavy atom. The Morgan fingerprint density at radius 1 is 1.50 bits per heavy atom. The molecule has 1 N–H and O–H groups in total. The van der Waals surface area contributed by atoms with Crippen LogP contribution in [0.3, 0.4) is 0 Å². The quantitative estimate of drug-likeness (QED) is 0.896. The molecule has 0 aliphatic rings. The maximum atomic E-state index is 13.7. The zero-order valence-electron chi connectivity index (χ0n) is 12.3. The molecule has 0 fully saturated rings. The van der Waals surface area contributed by atoms with Crippen molar-refractivity contribution in [3.05, 3.63) is 35.1 Å². The van der Waals surface area contributed by atoms with Gasteiger partial charge in [0.25, 0.3) is 0 Å². The summed E-state index contributed by atoms with van der Waals surface area (Å²) < 4.78 is 13.7. The minimum Gasteiger partial charge on any atom is -0.340 e. The number of hydrogen-bond donors (Lipinski definition) is 1. The van der Waals surface area contributed by atoms with Crippen LogP contribution in [-0.2, 0) is 11.3 Å². The zero-order valence-corrected chi connectivity index (χ0v) is 12.3. The van der Waals surface area contributed by atoms with Gasteiger partial charge >= 0.3 is 0 Å². The second-order valence-electron chi connectivity index (χ2n) is 5.23. The molecular formula is C15H20FN3O. The number of halogens is 1. The van der Waals surface area contributed by atoms with Gasteiger partial charge in [-0.15, -0.1) is 0 Å². The molecule has 0 heterocycles. The van der Waals surface area contributed by atoms with Crippen LogP contribution in [0.5, 0.6) is 0 Å². The fraction of sp³-hybridized carbons (Fsp3) is 0.467. The Balaban J connectivity index is 2.88. The second-order valence-corrected chi connectivity index (χ2v) is 5.23. The maximum absolute atomic E-state index is 13.7. The van der Waals surface area contributed by atoms with Gasteiger partial charge in [-0.1, -0.05) is 6.92 Å². The number of benzene rings is 1. The SMILES string of the molecule is CCNC(C)(C)C(=O)N(C)Cc1cc(C#N)ccc1F. The molecule has 0 saturated carbocycles. The first-order valence-electron chi connectivity index (χ1n) is 6.51. The number of hydrogen-bond acceptors (Lipinski definition) is 3. The van der Waals surface area contributed by atoms with Crippen molar-refractivity contribution >= 4 is 5.91 Å². The molecule has 0 aliphatic carbocycles. The highest BCUT2D eigenvalue weighted by Crippen LogP contribution is 2.15. The largest absolute Gasteiger partial charge is 0.340 e. The van der Waals surface area contributed by atoms with Crippen molar-refractivity contribution in [2.45, 2.75) is 32.9 Å². The van der Waals surface area contributed by atoms with Gasteiger partial charge in [-0.3, -0.25) is 4.79 Å².